The molecular formula is C17H17BrN2O4S. The molecule has 1 saturated carbocycles. The van der Waals surface area contributed by atoms with E-state index in [0.29, 0.717) is 32.1 Å². The average molecular weight is 425 g/mol. The first-order chi connectivity index (χ1) is 12.0. The third kappa shape index (κ3) is 3.96. The molecule has 1 fully saturated rings. The highest BCUT2D eigenvalue weighted by atomic mass is 79.9. The Balaban J connectivity index is 1.81. The summed E-state index contributed by atoms with van der Waals surface area (Å²) in [7, 11) is 3.03. The van der Waals surface area contributed by atoms with Crippen LogP contribution in [0.5, 0.6) is 11.5 Å². The van der Waals surface area contributed by atoms with Gasteiger partial charge < -0.3 is 20.1 Å². The van der Waals surface area contributed by atoms with Gasteiger partial charge in [0.1, 0.15) is 21.0 Å². The number of nitrogens with one attached hydrogen (secondary N) is 2. The standard InChI is InChI=1S/C17H17BrN2O4S/c1-23-12-7-9(8-13(24-2)14(12)18)15(21)20-17-11(5-6-25-17)16(22)19-10-3-4-10/h5-8,10H,3-4H2,1-2H3,(H,19,22)(H,20,21). The van der Waals surface area contributed by atoms with E-state index in [0.717, 1.165) is 12.8 Å². The summed E-state index contributed by atoms with van der Waals surface area (Å²) in [6, 6.07) is 5.19. The number of amides is 2. The van der Waals surface area contributed by atoms with Crippen molar-refractivity contribution in [2.45, 2.75) is 18.9 Å². The third-order valence-corrected chi connectivity index (χ3v) is 5.37. The van der Waals surface area contributed by atoms with E-state index in [9.17, 15) is 9.59 Å². The number of hydrogen-bond donors (Lipinski definition) is 2. The lowest BCUT2D eigenvalue weighted by Crippen LogP contribution is -2.26. The predicted octanol–water partition coefficient (Wildman–Crippen LogP) is 3.67. The second kappa shape index (κ2) is 7.45. The van der Waals surface area contributed by atoms with Crippen LogP contribution < -0.4 is 20.1 Å². The first-order valence-corrected chi connectivity index (χ1v) is 9.32. The number of halogens is 1. The van der Waals surface area contributed by atoms with Gasteiger partial charge in [0.15, 0.2) is 0 Å². The maximum atomic E-state index is 12.6. The van der Waals surface area contributed by atoms with Gasteiger partial charge in [-0.3, -0.25) is 9.59 Å². The summed E-state index contributed by atoms with van der Waals surface area (Å²) in [4.78, 5) is 24.8. The molecule has 0 atom stereocenters. The molecule has 132 valence electrons. The maximum Gasteiger partial charge on any atom is 0.256 e. The minimum absolute atomic E-state index is 0.162. The van der Waals surface area contributed by atoms with Crippen LogP contribution in [0.15, 0.2) is 28.1 Å². The van der Waals surface area contributed by atoms with Crippen LogP contribution >= 0.6 is 27.3 Å². The van der Waals surface area contributed by atoms with Crippen molar-refractivity contribution in [2.75, 3.05) is 19.5 Å². The Kier molecular flexibility index (Phi) is 5.29. The lowest BCUT2D eigenvalue weighted by molar-refractivity contribution is 0.0952. The van der Waals surface area contributed by atoms with Gasteiger partial charge in [0.25, 0.3) is 11.8 Å². The van der Waals surface area contributed by atoms with Crippen LogP contribution in [-0.2, 0) is 0 Å². The molecule has 1 aromatic heterocycles. The van der Waals surface area contributed by atoms with Gasteiger partial charge in [-0.15, -0.1) is 11.3 Å². The molecule has 6 nitrogen and oxygen atoms in total. The quantitative estimate of drug-likeness (QED) is 0.741. The van der Waals surface area contributed by atoms with Crippen LogP contribution in [0.3, 0.4) is 0 Å². The molecule has 2 N–H and O–H groups in total. The Hall–Kier alpha value is -2.06. The van der Waals surface area contributed by atoms with Crippen LogP contribution in [0.25, 0.3) is 0 Å². The Morgan fingerprint density at radius 3 is 2.36 bits per heavy atom. The van der Waals surface area contributed by atoms with Crippen molar-refractivity contribution in [3.8, 4) is 11.5 Å². The second-order valence-electron chi connectivity index (χ2n) is 5.56. The summed E-state index contributed by atoms with van der Waals surface area (Å²) in [5.41, 5.74) is 0.847. The monoisotopic (exact) mass is 424 g/mol. The summed E-state index contributed by atoms with van der Waals surface area (Å²) >= 11 is 4.68. The number of methoxy groups -OCH3 is 2. The number of benzene rings is 1. The van der Waals surface area contributed by atoms with E-state index in [1.807, 2.05) is 0 Å². The van der Waals surface area contributed by atoms with Gasteiger partial charge in [0.05, 0.1) is 19.8 Å². The predicted molar refractivity (Wildman–Crippen MR) is 100 cm³/mol. The largest absolute Gasteiger partial charge is 0.495 e. The molecule has 2 aromatic rings. The van der Waals surface area contributed by atoms with Gasteiger partial charge >= 0.3 is 0 Å². The fourth-order valence-electron chi connectivity index (χ4n) is 2.25. The molecule has 0 bridgehead atoms. The molecule has 1 aliphatic carbocycles. The molecular weight excluding hydrogens is 408 g/mol. The Labute approximate surface area is 157 Å². The molecule has 1 aromatic carbocycles. The van der Waals surface area contributed by atoms with Gasteiger partial charge in [-0.1, -0.05) is 0 Å². The molecule has 0 radical (unpaired) electrons. The van der Waals surface area contributed by atoms with Crippen molar-refractivity contribution >= 4 is 44.1 Å². The van der Waals surface area contributed by atoms with Crippen molar-refractivity contribution in [3.05, 3.63) is 39.2 Å². The minimum atomic E-state index is -0.341. The zero-order valence-corrected chi connectivity index (χ0v) is 16.1. The number of rotatable bonds is 6. The highest BCUT2D eigenvalue weighted by Crippen LogP contribution is 2.36. The number of carbonyl (C=O) groups excluding carboxylic acids is 2. The van der Waals surface area contributed by atoms with Gasteiger partial charge in [-0.25, -0.2) is 0 Å². The van der Waals surface area contributed by atoms with Gasteiger partial charge in [0.2, 0.25) is 0 Å². The van der Waals surface area contributed by atoms with Crippen molar-refractivity contribution < 1.29 is 19.1 Å². The van der Waals surface area contributed by atoms with E-state index in [1.54, 1.807) is 23.6 Å². The molecule has 0 aliphatic heterocycles. The second-order valence-corrected chi connectivity index (χ2v) is 7.27. The van der Waals surface area contributed by atoms with Crippen LogP contribution in [0.1, 0.15) is 33.6 Å². The summed E-state index contributed by atoms with van der Waals surface area (Å²) < 4.78 is 11.1. The lowest BCUT2D eigenvalue weighted by Gasteiger charge is -2.12. The molecule has 1 aliphatic rings. The fourth-order valence-corrected chi connectivity index (χ4v) is 3.58. The average Bonchev–Trinajstić information content (AvgIpc) is 3.30. The first-order valence-electron chi connectivity index (χ1n) is 7.64. The van der Waals surface area contributed by atoms with Crippen molar-refractivity contribution in [2.24, 2.45) is 0 Å². The van der Waals surface area contributed by atoms with E-state index >= 15 is 0 Å². The Morgan fingerprint density at radius 1 is 1.16 bits per heavy atom. The van der Waals surface area contributed by atoms with E-state index in [2.05, 4.69) is 26.6 Å². The van der Waals surface area contributed by atoms with E-state index in [1.165, 1.54) is 25.6 Å². The van der Waals surface area contributed by atoms with Crippen molar-refractivity contribution in [1.29, 1.82) is 0 Å². The summed E-state index contributed by atoms with van der Waals surface area (Å²) in [6.07, 6.45) is 2.02. The number of ether oxygens (including phenoxy) is 2. The Bertz CT molecular complexity index is 792. The number of thiophene rings is 1. The van der Waals surface area contributed by atoms with Crippen LogP contribution in [-0.4, -0.2) is 32.1 Å². The van der Waals surface area contributed by atoms with E-state index in [-0.39, 0.29) is 17.9 Å². The van der Waals surface area contributed by atoms with Gasteiger partial charge in [0, 0.05) is 11.6 Å². The molecule has 0 saturated heterocycles. The zero-order valence-electron chi connectivity index (χ0n) is 13.7. The molecule has 3 rings (SSSR count). The van der Waals surface area contributed by atoms with Crippen LogP contribution in [0.2, 0.25) is 0 Å². The summed E-state index contributed by atoms with van der Waals surface area (Å²) in [5.74, 6) is 0.474. The SMILES string of the molecule is COc1cc(C(=O)Nc2sccc2C(=O)NC2CC2)cc(OC)c1Br. The molecule has 0 spiro atoms. The van der Waals surface area contributed by atoms with E-state index in [4.69, 9.17) is 9.47 Å². The molecule has 0 unspecified atom stereocenters. The fraction of sp³-hybridized carbons (Fsp3) is 0.294. The third-order valence-electron chi connectivity index (χ3n) is 3.76. The number of anilines is 1. The first kappa shape index (κ1) is 17.8. The molecule has 2 amide bonds. The number of carbonyl (C=O) groups is 2. The van der Waals surface area contributed by atoms with Crippen molar-refractivity contribution in [1.82, 2.24) is 5.32 Å². The number of hydrogen-bond acceptors (Lipinski definition) is 5. The van der Waals surface area contributed by atoms with Gasteiger partial charge in [-0.2, -0.15) is 0 Å². The minimum Gasteiger partial charge on any atom is -0.495 e. The van der Waals surface area contributed by atoms with Crippen LogP contribution in [0, 0.1) is 0 Å². The summed E-state index contributed by atoms with van der Waals surface area (Å²) in [5, 5.41) is 8.02. The molecule has 1 heterocycles. The zero-order chi connectivity index (χ0) is 18.0. The van der Waals surface area contributed by atoms with E-state index < -0.39 is 0 Å². The summed E-state index contributed by atoms with van der Waals surface area (Å²) in [6.45, 7) is 0. The molecule has 8 heteroatoms. The topological polar surface area (TPSA) is 76.7 Å². The Morgan fingerprint density at radius 2 is 1.80 bits per heavy atom. The van der Waals surface area contributed by atoms with Crippen molar-refractivity contribution in [3.63, 3.8) is 0 Å². The normalized spacial score (nSPS) is 13.2. The smallest absolute Gasteiger partial charge is 0.256 e. The lowest BCUT2D eigenvalue weighted by atomic mass is 10.2. The highest BCUT2D eigenvalue weighted by molar-refractivity contribution is 9.10. The molecule has 25 heavy (non-hydrogen) atoms. The van der Waals surface area contributed by atoms with Gasteiger partial charge in [-0.05, 0) is 52.4 Å². The maximum absolute atomic E-state index is 12.6. The van der Waals surface area contributed by atoms with Crippen LogP contribution in [0.4, 0.5) is 5.00 Å². The highest BCUT2D eigenvalue weighted by Gasteiger charge is 2.26.